The van der Waals surface area contributed by atoms with Crippen LogP contribution in [0.5, 0.6) is 6.01 Å². The van der Waals surface area contributed by atoms with Gasteiger partial charge in [0, 0.05) is 116 Å². The summed E-state index contributed by atoms with van der Waals surface area (Å²) in [4.78, 5) is 140. The number of aromatic nitrogens is 5. The number of halogens is 1. The van der Waals surface area contributed by atoms with Crippen LogP contribution in [0.3, 0.4) is 0 Å². The first-order valence-corrected chi connectivity index (χ1v) is 48.9. The van der Waals surface area contributed by atoms with E-state index in [2.05, 4.69) is 51.5 Å². The maximum atomic E-state index is 13.0. The molecule has 8 fully saturated rings. The molecule has 7 amide bonds. The first kappa shape index (κ1) is 124. The van der Waals surface area contributed by atoms with E-state index in [9.17, 15) is 125 Å². The number of nitro groups is 2. The molecule has 0 aliphatic carbocycles. The van der Waals surface area contributed by atoms with E-state index in [1.54, 1.807) is 47.1 Å². The van der Waals surface area contributed by atoms with Crippen molar-refractivity contribution in [2.45, 2.75) is 261 Å². The minimum Gasteiger partial charge on any atom is -1.00 e. The number of aliphatic hydroxyl groups is 12. The molecule has 3 aromatic rings. The van der Waals surface area contributed by atoms with Crippen molar-refractivity contribution in [1.29, 1.82) is 0 Å². The van der Waals surface area contributed by atoms with Gasteiger partial charge in [0.25, 0.3) is 11.8 Å². The van der Waals surface area contributed by atoms with Gasteiger partial charge >= 0.3 is 52.9 Å². The van der Waals surface area contributed by atoms with E-state index in [0.29, 0.717) is 41.5 Å². The number of aliphatic carboxylic acids is 1. The molecule has 54 nitrogen and oxygen atoms in total. The summed E-state index contributed by atoms with van der Waals surface area (Å²) in [6.45, 7) is 14.8. The summed E-state index contributed by atoms with van der Waals surface area (Å²) in [5.41, 5.74) is 5.21. The van der Waals surface area contributed by atoms with Crippen molar-refractivity contribution in [2.75, 3.05) is 118 Å². The molecule has 8 aliphatic rings. The Balaban J connectivity index is 0.000000325. The minimum atomic E-state index is -1.75. The van der Waals surface area contributed by atoms with Crippen molar-refractivity contribution >= 4 is 120 Å². The minimum absolute atomic E-state index is 0. The first-order valence-electron chi connectivity index (χ1n) is 43.2. The number of pyridine rings is 2. The van der Waals surface area contributed by atoms with E-state index in [4.69, 9.17) is 72.0 Å². The average molecular weight is 2130 g/mol. The van der Waals surface area contributed by atoms with Gasteiger partial charge in [-0.05, 0) is 68.3 Å². The smallest absolute Gasteiger partial charge is 1.00 e. The zero-order chi connectivity index (χ0) is 102. The van der Waals surface area contributed by atoms with Gasteiger partial charge in [-0.3, -0.25) is 63.6 Å². The fraction of sp³-hybridized carbons (Fsp3) is 0.734. The maximum Gasteiger partial charge on any atom is 1.00 e. The summed E-state index contributed by atoms with van der Waals surface area (Å²) in [6.07, 6.45) is -34.0. The molecule has 140 heavy (non-hydrogen) atoms. The van der Waals surface area contributed by atoms with E-state index >= 15 is 0 Å². The number of nitrogens with one attached hydrogen (secondary N) is 6. The number of quaternary nitrogens is 1. The number of carbonyl (C=O) groups is 8. The summed E-state index contributed by atoms with van der Waals surface area (Å²) in [7, 11) is 10.2. The predicted molar refractivity (Wildman–Crippen MR) is 478 cm³/mol. The number of carboxylic acid groups (broad SMARTS) is 1. The van der Waals surface area contributed by atoms with Gasteiger partial charge in [0.1, 0.15) is 135 Å². The molecule has 0 spiro atoms. The summed E-state index contributed by atoms with van der Waals surface area (Å²) in [5, 5.41) is 170. The largest absolute Gasteiger partial charge is 1.00 e. The summed E-state index contributed by atoms with van der Waals surface area (Å²) >= 11 is 1.24. The normalized spacial score (nSPS) is 32.5. The Kier molecular flexibility index (Phi) is 54.6. The number of methoxy groups -OCH3 is 4. The number of imide groups is 1. The molecular weight excluding hydrogens is 2000 g/mol. The van der Waals surface area contributed by atoms with Crippen LogP contribution in [0.25, 0.3) is 0 Å². The number of hydrogen-bond donors (Lipinski definition) is 19. The second kappa shape index (κ2) is 61.4. The Morgan fingerprint density at radius 2 is 0.936 bits per heavy atom. The quantitative estimate of drug-likeness (QED) is 0.00642. The number of morpholine rings is 1. The van der Waals surface area contributed by atoms with Crippen molar-refractivity contribution in [3.05, 3.63) is 62.7 Å². The van der Waals surface area contributed by atoms with Gasteiger partial charge < -0.3 is 182 Å². The van der Waals surface area contributed by atoms with E-state index in [1.807, 2.05) is 6.92 Å². The summed E-state index contributed by atoms with van der Waals surface area (Å²) < 4.78 is 76.1. The molecule has 11 heterocycles. The third-order valence-corrected chi connectivity index (χ3v) is 27.9. The molecule has 11 rings (SSSR count). The van der Waals surface area contributed by atoms with Gasteiger partial charge in [-0.2, -0.15) is 9.97 Å². The van der Waals surface area contributed by atoms with Gasteiger partial charge in [0.2, 0.25) is 29.5 Å². The SMILES string of the molecule is CCN1C(=O)CC(SCCNC(=O)C2O[C@@H](O[C@@H]3C(NC(C)=O)[C@H](C)OC(CO)[C@H]3O)C(O)[C@@H](O)[C@@H]2OC)C1=O.CO[C@@H]1C(C(=O)NCCSSc2ncccc2[N+](=O)[O-])O[C@@H](O[C@@H]2C(NC(C)=O)[C@H](C)OC(CO)[C@H]2O)C(O)[C@H]1O.CO[C@@H]1C(C(=O)[O-])O[C@@H](O[C@@H]2C(NC(C)=O)[C@H](C)OC(CO)[C@H]2O)C(O)[C@H]1O.COc1nc(C)nc([NH+]2CCOCC2)n1.NCCSSc1ncccc1[N+](=O)[O-].[Cl-].[Na+]. The third kappa shape index (κ3) is 34.5. The molecule has 8 aliphatic heterocycles. The van der Waals surface area contributed by atoms with Gasteiger partial charge in [-0.1, -0.05) is 21.6 Å². The molecule has 0 saturated carbocycles. The average Bonchev–Trinajstić information content (AvgIpc) is 0.910. The standard InChI is InChI=1S/C24H39N3O12S.C23H34N4O12S2.C16H27NO11.C9H14N4O2.C7H9N3O2S2.ClH.Na/c1-5-27-14(30)8-13(23(27)35)40-7-6-25-22(34)21-20(36-4)17(32)18(33)24(39-21)38-19-15(26-11(3)29)10(2)37-12(9-28)16(19)31;1-10-14(26-11(2)29)18(15(30)13(9-28)37-10)38-23-17(32)16(31)19(36-3)20(39-23)21(33)24-7-8-40-41-22-12(27(34)35)5-4-6-25-22;1-5-8(17-6(2)19)12(9(20)7(4-18)26-5)27-16-11(22)10(21)13(25-3)14(28-16)15(23)24;1-7-10-8(12-9(11-7)14-2)13-3-5-15-6-4-13;8-3-5-13-14-7-6(10(11)12)2-1-4-9-7;;/h10,12-13,15-21,24,28,31-33H,5-9H2,1-4H3,(H,25,34)(H,26,29);4-6,10,13-20,23,28,30-32H,7-9H2,1-3H3,(H,24,33)(H,26,29);5,7-14,16,18,20-22H,4H2,1-3H3,(H,17,19)(H,23,24);3-6H2,1-2H3;1-2,4H,3,5,8H2;1H;/q;;;;;;+1/p-1/t10-,12?,13?,15?,16+,17+,18?,19+,20-,21?,24+;10-,13?,14?,15+,16+,17?,18+,19-,20?,23+;5-,7?,8?,9+,10+,11?,12+,13-,14?,16+;;;;/m000..../s1. The van der Waals surface area contributed by atoms with Crippen molar-refractivity contribution in [3.63, 3.8) is 0 Å². The third-order valence-electron chi connectivity index (χ3n) is 22.0. The second-order valence-corrected chi connectivity index (χ2v) is 37.7. The number of likely N-dealkylation sites (tertiary alicyclic amines) is 1. The van der Waals surface area contributed by atoms with Gasteiger partial charge in [-0.15, -0.1) is 16.7 Å². The number of carboxylic acids is 1. The van der Waals surface area contributed by atoms with E-state index in [0.717, 1.165) is 55.9 Å². The number of hydrogen-bond acceptors (Lipinski definition) is 50. The number of aliphatic hydroxyl groups excluding tert-OH is 12. The summed E-state index contributed by atoms with van der Waals surface area (Å²) in [6, 6.07) is 3.43. The Morgan fingerprint density at radius 3 is 1.28 bits per heavy atom. The summed E-state index contributed by atoms with van der Waals surface area (Å²) in [5.74, 6) is -2.11. The van der Waals surface area contributed by atoms with Crippen LogP contribution in [0.15, 0.2) is 46.7 Å². The second-order valence-electron chi connectivity index (χ2n) is 31.6. The topological polar surface area (TPSA) is 776 Å². The van der Waals surface area contributed by atoms with Crippen molar-refractivity contribution < 1.29 is 228 Å². The number of thioether (sulfide) groups is 1. The van der Waals surface area contributed by atoms with Crippen LogP contribution in [0, 0.1) is 27.2 Å². The van der Waals surface area contributed by atoms with Crippen molar-refractivity contribution in [1.82, 2.24) is 56.4 Å². The van der Waals surface area contributed by atoms with Crippen molar-refractivity contribution in [3.8, 4) is 6.01 Å². The fourth-order valence-electron chi connectivity index (χ4n) is 15.2. The Bertz CT molecular complexity index is 4420. The number of ether oxygens (including phenoxy) is 14. The molecule has 61 heteroatoms. The number of nitrogens with zero attached hydrogens (tertiary/aromatic N) is 8. The van der Waals surface area contributed by atoms with Crippen LogP contribution in [-0.2, 0) is 99.9 Å². The monoisotopic (exact) mass is 2120 g/mol. The number of carbonyl (C=O) groups excluding carboxylic acids is 8. The molecule has 0 aromatic carbocycles. The first-order chi connectivity index (χ1) is 65.6. The number of aryl methyl sites for hydroxylation is 1. The zero-order valence-electron chi connectivity index (χ0n) is 78.4. The van der Waals surface area contributed by atoms with Crippen LogP contribution in [0.4, 0.5) is 17.3 Å². The number of rotatable bonds is 36. The van der Waals surface area contributed by atoms with Gasteiger partial charge in [-0.25, -0.2) is 9.97 Å². The number of amides is 7. The van der Waals surface area contributed by atoms with Gasteiger partial charge in [0.05, 0.1) is 97.6 Å². The Hall–Kier alpha value is -6.17. The molecule has 3 aromatic heterocycles. The van der Waals surface area contributed by atoms with E-state index in [1.165, 1.54) is 113 Å². The molecule has 0 radical (unpaired) electrons. The molecule has 13 unspecified atom stereocenters. The van der Waals surface area contributed by atoms with E-state index in [-0.39, 0.29) is 89.7 Å². The number of nitrogens with two attached hydrogens (primary N) is 1. The van der Waals surface area contributed by atoms with Crippen LogP contribution in [0.1, 0.15) is 60.7 Å². The Labute approximate surface area is 851 Å². The predicted octanol–water partition coefficient (Wildman–Crippen LogP) is -15.5. The van der Waals surface area contributed by atoms with Crippen molar-refractivity contribution in [2.24, 2.45) is 5.73 Å². The zero-order valence-corrected chi connectivity index (χ0v) is 85.3. The van der Waals surface area contributed by atoms with Crippen LogP contribution < -0.4 is 89.0 Å². The van der Waals surface area contributed by atoms with Crippen LogP contribution in [-0.4, -0.2) is 455 Å². The van der Waals surface area contributed by atoms with Crippen LogP contribution >= 0.6 is 54.9 Å². The molecule has 8 saturated heterocycles. The Morgan fingerprint density at radius 1 is 0.557 bits per heavy atom. The van der Waals surface area contributed by atoms with Gasteiger partial charge in [0.15, 0.2) is 41.1 Å². The van der Waals surface area contributed by atoms with E-state index < -0.39 is 254 Å². The molecule has 786 valence electrons. The van der Waals surface area contributed by atoms with Crippen LogP contribution in [0.2, 0.25) is 0 Å². The molecule has 31 atom stereocenters. The molecule has 0 bridgehead atoms. The maximum absolute atomic E-state index is 13.0. The molecule has 20 N–H and O–H groups in total. The fourth-order valence-corrected chi connectivity index (χ4v) is 20.1. The molecular formula is C79H123ClN15NaO39S5.